The predicted molar refractivity (Wildman–Crippen MR) is 91.4 cm³/mol. The average molecular weight is 325 g/mol. The molecule has 2 aromatic rings. The molecule has 1 N–H and O–H groups in total. The quantitative estimate of drug-likeness (QED) is 0.870. The van der Waals surface area contributed by atoms with E-state index in [-0.39, 0.29) is 11.5 Å². The van der Waals surface area contributed by atoms with E-state index in [2.05, 4.69) is 33.1 Å². The van der Waals surface area contributed by atoms with E-state index in [0.717, 1.165) is 38.2 Å². The van der Waals surface area contributed by atoms with E-state index in [9.17, 15) is 4.79 Å². The average Bonchev–Trinajstić information content (AvgIpc) is 3.24. The number of aromatic nitrogens is 1. The highest BCUT2D eigenvalue weighted by Crippen LogP contribution is 2.32. The molecule has 24 heavy (non-hydrogen) atoms. The third kappa shape index (κ3) is 2.97. The van der Waals surface area contributed by atoms with Crippen LogP contribution >= 0.6 is 0 Å². The Labute approximate surface area is 142 Å². The van der Waals surface area contributed by atoms with Gasteiger partial charge < -0.3 is 14.6 Å². The fourth-order valence-electron chi connectivity index (χ4n) is 3.93. The Morgan fingerprint density at radius 3 is 2.88 bits per heavy atom. The lowest BCUT2D eigenvalue weighted by Crippen LogP contribution is -2.52. The lowest BCUT2D eigenvalue weighted by Gasteiger charge is -2.42. The highest BCUT2D eigenvalue weighted by Gasteiger charge is 2.41. The summed E-state index contributed by atoms with van der Waals surface area (Å²) in [7, 11) is 0. The van der Waals surface area contributed by atoms with Gasteiger partial charge in [-0.3, -0.25) is 9.69 Å². The summed E-state index contributed by atoms with van der Waals surface area (Å²) >= 11 is 0. The third-order valence-corrected chi connectivity index (χ3v) is 5.06. The second kappa shape index (κ2) is 6.42. The van der Waals surface area contributed by atoms with E-state index in [1.807, 2.05) is 30.3 Å². The molecule has 0 bridgehead atoms. The standard InChI is InChI=1S/C19H23N3O2/c23-18(24-13-16-5-2-1-3-6-16)12-21-11-17-7-4-10-22(17)19(15-21)8-9-20-14-19/h1-7,10,20H,8-9,11-15H2. The maximum absolute atomic E-state index is 12.3. The topological polar surface area (TPSA) is 46.5 Å². The van der Waals surface area contributed by atoms with Crippen molar-refractivity contribution in [3.8, 4) is 0 Å². The summed E-state index contributed by atoms with van der Waals surface area (Å²) in [4.78, 5) is 14.5. The van der Waals surface area contributed by atoms with Crippen LogP contribution in [0.25, 0.3) is 0 Å². The van der Waals surface area contributed by atoms with Crippen molar-refractivity contribution in [3.05, 3.63) is 59.9 Å². The van der Waals surface area contributed by atoms with Crippen LogP contribution in [-0.2, 0) is 28.2 Å². The van der Waals surface area contributed by atoms with E-state index in [1.54, 1.807) is 0 Å². The Bertz CT molecular complexity index is 704. The number of hydrogen-bond acceptors (Lipinski definition) is 4. The summed E-state index contributed by atoms with van der Waals surface area (Å²) in [5.41, 5.74) is 2.38. The van der Waals surface area contributed by atoms with Gasteiger partial charge in [0.2, 0.25) is 0 Å². The molecule has 2 aliphatic heterocycles. The normalized spacial score (nSPS) is 23.3. The van der Waals surface area contributed by atoms with Crippen LogP contribution in [0.2, 0.25) is 0 Å². The number of carbonyl (C=O) groups is 1. The van der Waals surface area contributed by atoms with E-state index >= 15 is 0 Å². The van der Waals surface area contributed by atoms with Gasteiger partial charge in [0.25, 0.3) is 0 Å². The Kier molecular flexibility index (Phi) is 4.12. The monoisotopic (exact) mass is 325 g/mol. The molecule has 1 spiro atoms. The number of benzene rings is 1. The Balaban J connectivity index is 1.39. The number of carbonyl (C=O) groups excluding carboxylic acids is 1. The van der Waals surface area contributed by atoms with Crippen LogP contribution in [0.15, 0.2) is 48.7 Å². The summed E-state index contributed by atoms with van der Waals surface area (Å²) < 4.78 is 7.85. The number of ether oxygens (including phenoxy) is 1. The van der Waals surface area contributed by atoms with Gasteiger partial charge in [-0.15, -0.1) is 0 Å². The molecule has 126 valence electrons. The van der Waals surface area contributed by atoms with Crippen LogP contribution in [0.3, 0.4) is 0 Å². The van der Waals surface area contributed by atoms with E-state index < -0.39 is 0 Å². The number of fused-ring (bicyclic) bond motifs is 2. The summed E-state index contributed by atoms with van der Waals surface area (Å²) in [5, 5.41) is 3.47. The molecule has 2 aliphatic rings. The van der Waals surface area contributed by atoms with Gasteiger partial charge in [0, 0.05) is 31.5 Å². The molecule has 5 nitrogen and oxygen atoms in total. The van der Waals surface area contributed by atoms with Crippen LogP contribution in [0.5, 0.6) is 0 Å². The maximum atomic E-state index is 12.3. The maximum Gasteiger partial charge on any atom is 0.320 e. The van der Waals surface area contributed by atoms with Gasteiger partial charge in [0.15, 0.2) is 0 Å². The van der Waals surface area contributed by atoms with Crippen LogP contribution in [0, 0.1) is 0 Å². The van der Waals surface area contributed by atoms with E-state index in [1.165, 1.54) is 5.69 Å². The van der Waals surface area contributed by atoms with Crippen LogP contribution in [-0.4, -0.2) is 41.6 Å². The largest absolute Gasteiger partial charge is 0.460 e. The van der Waals surface area contributed by atoms with Crippen molar-refractivity contribution >= 4 is 5.97 Å². The molecule has 0 aliphatic carbocycles. The van der Waals surface area contributed by atoms with Crippen molar-refractivity contribution in [2.75, 3.05) is 26.2 Å². The second-order valence-electron chi connectivity index (χ2n) is 6.81. The first-order valence-corrected chi connectivity index (χ1v) is 8.55. The molecular weight excluding hydrogens is 302 g/mol. The van der Waals surface area contributed by atoms with Gasteiger partial charge in [-0.05, 0) is 30.7 Å². The first-order valence-electron chi connectivity index (χ1n) is 8.55. The van der Waals surface area contributed by atoms with Crippen LogP contribution < -0.4 is 5.32 Å². The molecule has 1 saturated heterocycles. The highest BCUT2D eigenvalue weighted by atomic mass is 16.5. The van der Waals surface area contributed by atoms with E-state index in [0.29, 0.717) is 13.2 Å². The number of hydrogen-bond donors (Lipinski definition) is 1. The summed E-state index contributed by atoms with van der Waals surface area (Å²) in [6, 6.07) is 14.1. The SMILES string of the molecule is O=C(CN1Cc2cccn2C2(CCNC2)C1)OCc1ccccc1. The Morgan fingerprint density at radius 2 is 2.08 bits per heavy atom. The molecule has 0 amide bonds. The van der Waals surface area contributed by atoms with Crippen molar-refractivity contribution in [2.24, 2.45) is 0 Å². The molecule has 5 heteroatoms. The molecule has 1 unspecified atom stereocenters. The van der Waals surface area contributed by atoms with Gasteiger partial charge in [-0.25, -0.2) is 0 Å². The Morgan fingerprint density at radius 1 is 1.21 bits per heavy atom. The summed E-state index contributed by atoms with van der Waals surface area (Å²) in [5.74, 6) is -0.153. The van der Waals surface area contributed by atoms with Gasteiger partial charge in [-0.1, -0.05) is 30.3 Å². The fraction of sp³-hybridized carbons (Fsp3) is 0.421. The molecule has 4 rings (SSSR count). The first-order chi connectivity index (χ1) is 11.8. The molecule has 1 aromatic carbocycles. The van der Waals surface area contributed by atoms with Crippen molar-refractivity contribution in [2.45, 2.75) is 25.1 Å². The fourth-order valence-corrected chi connectivity index (χ4v) is 3.93. The number of esters is 1. The van der Waals surface area contributed by atoms with Gasteiger partial charge in [0.05, 0.1) is 12.1 Å². The molecule has 0 radical (unpaired) electrons. The van der Waals surface area contributed by atoms with Gasteiger partial charge in [-0.2, -0.15) is 0 Å². The summed E-state index contributed by atoms with van der Waals surface area (Å²) in [6.07, 6.45) is 3.28. The molecule has 1 atom stereocenters. The molecule has 1 fully saturated rings. The molecule has 3 heterocycles. The lowest BCUT2D eigenvalue weighted by molar-refractivity contribution is -0.147. The zero-order valence-corrected chi connectivity index (χ0v) is 13.8. The Hall–Kier alpha value is -2.11. The minimum atomic E-state index is -0.153. The van der Waals surface area contributed by atoms with Crippen LogP contribution in [0.4, 0.5) is 0 Å². The minimum absolute atomic E-state index is 0.0802. The predicted octanol–water partition coefficient (Wildman–Crippen LogP) is 1.74. The van der Waals surface area contributed by atoms with Crippen molar-refractivity contribution in [1.29, 1.82) is 0 Å². The summed E-state index contributed by atoms with van der Waals surface area (Å²) in [6.45, 7) is 4.38. The molecular formula is C19H23N3O2. The van der Waals surface area contributed by atoms with Gasteiger partial charge in [0.1, 0.15) is 6.61 Å². The smallest absolute Gasteiger partial charge is 0.320 e. The van der Waals surface area contributed by atoms with Crippen molar-refractivity contribution < 1.29 is 9.53 Å². The third-order valence-electron chi connectivity index (χ3n) is 5.06. The number of rotatable bonds is 4. The zero-order chi connectivity index (χ0) is 16.4. The lowest BCUT2D eigenvalue weighted by atomic mass is 9.94. The van der Waals surface area contributed by atoms with E-state index in [4.69, 9.17) is 4.74 Å². The molecule has 1 aromatic heterocycles. The minimum Gasteiger partial charge on any atom is -0.460 e. The molecule has 0 saturated carbocycles. The zero-order valence-electron chi connectivity index (χ0n) is 13.8. The van der Waals surface area contributed by atoms with Crippen LogP contribution in [0.1, 0.15) is 17.7 Å². The second-order valence-corrected chi connectivity index (χ2v) is 6.81. The van der Waals surface area contributed by atoms with Crippen molar-refractivity contribution in [1.82, 2.24) is 14.8 Å². The number of nitrogens with one attached hydrogen (secondary N) is 1. The highest BCUT2D eigenvalue weighted by molar-refractivity contribution is 5.71. The first kappa shape index (κ1) is 15.4. The van der Waals surface area contributed by atoms with Gasteiger partial charge >= 0.3 is 5.97 Å². The van der Waals surface area contributed by atoms with Crippen molar-refractivity contribution in [3.63, 3.8) is 0 Å². The number of nitrogens with zero attached hydrogens (tertiary/aromatic N) is 2.